The van der Waals surface area contributed by atoms with Gasteiger partial charge in [-0.15, -0.1) is 0 Å². The molecule has 2 aromatic rings. The molecule has 0 aliphatic carbocycles. The number of piperazine rings is 1. The lowest BCUT2D eigenvalue weighted by molar-refractivity contribution is 0.0240. The normalized spacial score (nSPS) is 15.9. The van der Waals surface area contributed by atoms with Crippen molar-refractivity contribution in [3.05, 3.63) is 30.0 Å². The van der Waals surface area contributed by atoms with Crippen LogP contribution in [0.5, 0.6) is 0 Å². The van der Waals surface area contributed by atoms with Crippen LogP contribution in [0.25, 0.3) is 10.9 Å². The first-order chi connectivity index (χ1) is 11.3. The highest BCUT2D eigenvalue weighted by Crippen LogP contribution is 2.30. The molecule has 0 bridgehead atoms. The SMILES string of the molecule is CC(C)(C)OC(=O)N1CCN(c2cc(F)c(F)c3cc[nH]c23)CC1. The van der Waals surface area contributed by atoms with Gasteiger partial charge in [0.15, 0.2) is 11.6 Å². The van der Waals surface area contributed by atoms with Crippen LogP contribution in [0.3, 0.4) is 0 Å². The van der Waals surface area contributed by atoms with Gasteiger partial charge in [-0.3, -0.25) is 0 Å². The molecule has 0 saturated carbocycles. The van der Waals surface area contributed by atoms with E-state index in [0.717, 1.165) is 0 Å². The Kier molecular flexibility index (Phi) is 4.11. The number of rotatable bonds is 1. The standard InChI is InChI=1S/C17H21F2N3O2/c1-17(2,3)24-16(23)22-8-6-21(7-9-22)13-10-12(18)14(19)11-4-5-20-15(11)13/h4-5,10,20H,6-9H2,1-3H3. The number of amides is 1. The molecule has 1 N–H and O–H groups in total. The van der Waals surface area contributed by atoms with E-state index in [2.05, 4.69) is 4.98 Å². The van der Waals surface area contributed by atoms with Crippen molar-refractivity contribution < 1.29 is 18.3 Å². The number of ether oxygens (including phenoxy) is 1. The van der Waals surface area contributed by atoms with Crippen LogP contribution in [-0.4, -0.2) is 47.8 Å². The molecule has 1 aliphatic heterocycles. The fourth-order valence-electron chi connectivity index (χ4n) is 2.85. The highest BCUT2D eigenvalue weighted by molar-refractivity contribution is 5.92. The molecule has 24 heavy (non-hydrogen) atoms. The largest absolute Gasteiger partial charge is 0.444 e. The molecule has 0 radical (unpaired) electrons. The minimum absolute atomic E-state index is 0.236. The number of fused-ring (bicyclic) bond motifs is 1. The van der Waals surface area contributed by atoms with Crippen LogP contribution in [0.15, 0.2) is 18.3 Å². The quantitative estimate of drug-likeness (QED) is 0.866. The highest BCUT2D eigenvalue weighted by Gasteiger charge is 2.27. The van der Waals surface area contributed by atoms with Crippen LogP contribution >= 0.6 is 0 Å². The summed E-state index contributed by atoms with van der Waals surface area (Å²) in [5.41, 5.74) is 0.641. The summed E-state index contributed by atoms with van der Waals surface area (Å²) in [7, 11) is 0. The molecule has 0 unspecified atom stereocenters. The zero-order chi connectivity index (χ0) is 17.5. The first-order valence-electron chi connectivity index (χ1n) is 7.94. The molecule has 0 atom stereocenters. The number of carbonyl (C=O) groups excluding carboxylic acids is 1. The second kappa shape index (κ2) is 5.96. The lowest BCUT2D eigenvalue weighted by Gasteiger charge is -2.37. The molecule has 1 aromatic carbocycles. The first-order valence-corrected chi connectivity index (χ1v) is 7.94. The highest BCUT2D eigenvalue weighted by atomic mass is 19.2. The van der Waals surface area contributed by atoms with Gasteiger partial charge in [-0.25, -0.2) is 13.6 Å². The van der Waals surface area contributed by atoms with Crippen LogP contribution in [-0.2, 0) is 4.74 Å². The Hall–Kier alpha value is -2.31. The molecule has 2 heterocycles. The van der Waals surface area contributed by atoms with E-state index in [-0.39, 0.29) is 11.5 Å². The number of benzene rings is 1. The average Bonchev–Trinajstić information content (AvgIpc) is 2.99. The summed E-state index contributed by atoms with van der Waals surface area (Å²) in [5.74, 6) is -1.71. The van der Waals surface area contributed by atoms with E-state index in [4.69, 9.17) is 4.74 Å². The van der Waals surface area contributed by atoms with Crippen LogP contribution in [0.2, 0.25) is 0 Å². The molecule has 0 spiro atoms. The average molecular weight is 337 g/mol. The van der Waals surface area contributed by atoms with Gasteiger partial charge in [-0.1, -0.05) is 0 Å². The lowest BCUT2D eigenvalue weighted by Crippen LogP contribution is -2.50. The van der Waals surface area contributed by atoms with Gasteiger partial charge in [0.05, 0.1) is 11.2 Å². The number of nitrogens with one attached hydrogen (secondary N) is 1. The Morgan fingerprint density at radius 1 is 1.21 bits per heavy atom. The number of nitrogens with zero attached hydrogens (tertiary/aromatic N) is 2. The maximum atomic E-state index is 13.8. The lowest BCUT2D eigenvalue weighted by atomic mass is 10.1. The van der Waals surface area contributed by atoms with Gasteiger partial charge < -0.3 is 19.5 Å². The molecule has 1 aliphatic rings. The minimum Gasteiger partial charge on any atom is -0.444 e. The van der Waals surface area contributed by atoms with Crippen LogP contribution < -0.4 is 4.90 Å². The number of aromatic amines is 1. The molecule has 7 heteroatoms. The summed E-state index contributed by atoms with van der Waals surface area (Å²) in [6.45, 7) is 7.46. The van der Waals surface area contributed by atoms with Crippen LogP contribution in [0.4, 0.5) is 19.3 Å². The van der Waals surface area contributed by atoms with E-state index in [1.807, 2.05) is 25.7 Å². The fourth-order valence-corrected chi connectivity index (χ4v) is 2.85. The smallest absolute Gasteiger partial charge is 0.410 e. The predicted octanol–water partition coefficient (Wildman–Crippen LogP) is 3.50. The first kappa shape index (κ1) is 16.5. The monoisotopic (exact) mass is 337 g/mol. The summed E-state index contributed by atoms with van der Waals surface area (Å²) < 4.78 is 33.0. The fraction of sp³-hybridized carbons (Fsp3) is 0.471. The Balaban J connectivity index is 1.75. The Labute approximate surface area is 139 Å². The van der Waals surface area contributed by atoms with Crippen molar-refractivity contribution in [2.75, 3.05) is 31.1 Å². The zero-order valence-corrected chi connectivity index (χ0v) is 14.0. The van der Waals surface area contributed by atoms with Gasteiger partial charge in [0.2, 0.25) is 0 Å². The topological polar surface area (TPSA) is 48.6 Å². The van der Waals surface area contributed by atoms with Crippen molar-refractivity contribution in [1.29, 1.82) is 0 Å². The van der Waals surface area contributed by atoms with E-state index in [0.29, 0.717) is 37.4 Å². The Morgan fingerprint density at radius 2 is 1.88 bits per heavy atom. The number of hydrogen-bond acceptors (Lipinski definition) is 3. The third-order valence-electron chi connectivity index (χ3n) is 3.98. The van der Waals surface area contributed by atoms with Crippen molar-refractivity contribution in [3.8, 4) is 0 Å². The summed E-state index contributed by atoms with van der Waals surface area (Å²) in [5, 5.41) is 0.236. The molecule has 1 amide bonds. The van der Waals surface area contributed by atoms with Gasteiger partial charge >= 0.3 is 6.09 Å². The second-order valence-corrected chi connectivity index (χ2v) is 6.91. The third kappa shape index (κ3) is 3.16. The van der Waals surface area contributed by atoms with Gasteiger partial charge in [0.1, 0.15) is 5.60 Å². The van der Waals surface area contributed by atoms with Crippen molar-refractivity contribution in [3.63, 3.8) is 0 Å². The van der Waals surface area contributed by atoms with Gasteiger partial charge in [0.25, 0.3) is 0 Å². The summed E-state index contributed by atoms with van der Waals surface area (Å²) >= 11 is 0. The molecule has 1 fully saturated rings. The van der Waals surface area contributed by atoms with Crippen molar-refractivity contribution >= 4 is 22.7 Å². The van der Waals surface area contributed by atoms with E-state index in [9.17, 15) is 13.6 Å². The van der Waals surface area contributed by atoms with Gasteiger partial charge in [-0.2, -0.15) is 0 Å². The number of carbonyl (C=O) groups is 1. The molecule has 130 valence electrons. The molecule has 5 nitrogen and oxygen atoms in total. The van der Waals surface area contributed by atoms with Crippen molar-refractivity contribution in [2.45, 2.75) is 26.4 Å². The van der Waals surface area contributed by atoms with E-state index >= 15 is 0 Å². The molecular weight excluding hydrogens is 316 g/mol. The van der Waals surface area contributed by atoms with Crippen molar-refractivity contribution in [1.82, 2.24) is 9.88 Å². The maximum absolute atomic E-state index is 13.8. The molecular formula is C17H21F2N3O2. The number of aromatic nitrogens is 1. The summed E-state index contributed by atoms with van der Waals surface area (Å²) in [6, 6.07) is 2.73. The predicted molar refractivity (Wildman–Crippen MR) is 88.2 cm³/mol. The molecule has 1 saturated heterocycles. The number of anilines is 1. The number of hydrogen-bond donors (Lipinski definition) is 1. The zero-order valence-electron chi connectivity index (χ0n) is 14.0. The Morgan fingerprint density at radius 3 is 2.50 bits per heavy atom. The molecule has 3 rings (SSSR count). The second-order valence-electron chi connectivity index (χ2n) is 6.91. The summed E-state index contributed by atoms with van der Waals surface area (Å²) in [4.78, 5) is 18.6. The van der Waals surface area contributed by atoms with E-state index < -0.39 is 17.2 Å². The third-order valence-corrected chi connectivity index (χ3v) is 3.98. The van der Waals surface area contributed by atoms with Gasteiger partial charge in [0, 0.05) is 43.8 Å². The van der Waals surface area contributed by atoms with Crippen LogP contribution in [0, 0.1) is 11.6 Å². The Bertz CT molecular complexity index is 759. The maximum Gasteiger partial charge on any atom is 0.410 e. The summed E-state index contributed by atoms with van der Waals surface area (Å²) in [6.07, 6.45) is 1.24. The number of halogens is 2. The van der Waals surface area contributed by atoms with Crippen LogP contribution in [0.1, 0.15) is 20.8 Å². The van der Waals surface area contributed by atoms with E-state index in [1.54, 1.807) is 11.1 Å². The van der Waals surface area contributed by atoms with Crippen molar-refractivity contribution in [2.24, 2.45) is 0 Å². The van der Waals surface area contributed by atoms with Gasteiger partial charge in [-0.05, 0) is 26.8 Å². The van der Waals surface area contributed by atoms with E-state index in [1.165, 1.54) is 12.1 Å². The molecule has 1 aromatic heterocycles. The minimum atomic E-state index is -0.869. The number of H-pyrrole nitrogens is 1.